The molecule has 1 saturated carbocycles. The van der Waals surface area contributed by atoms with Crippen LogP contribution in [0, 0.1) is 31.4 Å². The van der Waals surface area contributed by atoms with Gasteiger partial charge in [-0.25, -0.2) is 33.6 Å². The first kappa shape index (κ1) is 41.9. The Kier molecular flexibility index (Phi) is 9.29. The van der Waals surface area contributed by atoms with Gasteiger partial charge in [-0.2, -0.15) is 10.2 Å². The number of nitrogens with zero attached hydrogens (tertiary/aromatic N) is 9. The van der Waals surface area contributed by atoms with Gasteiger partial charge in [0.15, 0.2) is 17.5 Å². The normalized spacial score (nSPS) is 23.7. The number of hydrogen-bond acceptors (Lipinski definition) is 10. The zero-order valence-corrected chi connectivity index (χ0v) is 37.5. The number of aliphatic hydroxyl groups is 1. The monoisotopic (exact) mass is 898 g/mol. The van der Waals surface area contributed by atoms with Gasteiger partial charge in [0.25, 0.3) is 12.3 Å². The van der Waals surface area contributed by atoms with E-state index in [1.807, 2.05) is 23.6 Å². The van der Waals surface area contributed by atoms with Crippen LogP contribution in [0.15, 0.2) is 76.9 Å². The molecule has 340 valence electrons. The van der Waals surface area contributed by atoms with Crippen molar-refractivity contribution in [2.24, 2.45) is 18.0 Å². The Morgan fingerprint density at radius 3 is 2.38 bits per heavy atom. The second kappa shape index (κ2) is 14.6. The van der Waals surface area contributed by atoms with Crippen molar-refractivity contribution in [2.45, 2.75) is 90.3 Å². The maximum absolute atomic E-state index is 16.1. The molecule has 1 saturated heterocycles. The molecule has 2 N–H and O–H groups in total. The number of ketones is 1. The van der Waals surface area contributed by atoms with Gasteiger partial charge >= 0.3 is 5.69 Å². The number of hydrogen-bond donors (Lipinski definition) is 2. The van der Waals surface area contributed by atoms with Crippen molar-refractivity contribution in [3.05, 3.63) is 123 Å². The topological polar surface area (TPSA) is 168 Å². The highest BCUT2D eigenvalue weighted by atomic mass is 19.1. The van der Waals surface area contributed by atoms with Gasteiger partial charge in [0.1, 0.15) is 22.7 Å². The number of aliphatic hydroxyl groups excluding tert-OH is 1. The van der Waals surface area contributed by atoms with Crippen molar-refractivity contribution >= 4 is 39.3 Å². The number of fused-ring (bicyclic) bond motifs is 3. The number of benzene rings is 3. The van der Waals surface area contributed by atoms with E-state index in [-0.39, 0.29) is 57.8 Å². The fourth-order valence-corrected chi connectivity index (χ4v) is 10.7. The minimum atomic E-state index is -1.43. The molecule has 1 amide bonds. The fourth-order valence-electron chi connectivity index (χ4n) is 10.7. The second-order valence-corrected chi connectivity index (χ2v) is 18.9. The molecule has 1 unspecified atom stereocenters. The predicted octanol–water partition coefficient (Wildman–Crippen LogP) is 6.57. The van der Waals surface area contributed by atoms with E-state index in [0.29, 0.717) is 41.2 Å². The molecule has 7 aromatic rings. The van der Waals surface area contributed by atoms with Crippen LogP contribution in [0.25, 0.3) is 39.0 Å². The third-order valence-electron chi connectivity index (χ3n) is 14.2. The van der Waals surface area contributed by atoms with E-state index in [4.69, 9.17) is 14.7 Å². The van der Waals surface area contributed by atoms with Crippen LogP contribution in [-0.2, 0) is 22.2 Å². The van der Waals surface area contributed by atoms with Crippen molar-refractivity contribution in [1.29, 1.82) is 0 Å². The first-order chi connectivity index (χ1) is 31.5. The first-order valence-corrected chi connectivity index (χ1v) is 22.1. The maximum Gasteiger partial charge on any atom is 0.338 e. The van der Waals surface area contributed by atoms with Crippen LogP contribution >= 0.6 is 0 Å². The molecule has 66 heavy (non-hydrogen) atoms. The predicted molar refractivity (Wildman–Crippen MR) is 239 cm³/mol. The number of rotatable bonds is 7. The number of amidine groups is 1. The Balaban J connectivity index is 1.07. The van der Waals surface area contributed by atoms with Crippen molar-refractivity contribution in [1.82, 2.24) is 43.6 Å². The lowest BCUT2D eigenvalue weighted by Crippen LogP contribution is -2.45. The number of imidazole rings is 1. The Bertz CT molecular complexity index is 3300. The summed E-state index contributed by atoms with van der Waals surface area (Å²) in [7, 11) is 1.69. The summed E-state index contributed by atoms with van der Waals surface area (Å²) in [6, 6.07) is 13.5. The average molecular weight is 899 g/mol. The Morgan fingerprint density at radius 2 is 1.68 bits per heavy atom. The summed E-state index contributed by atoms with van der Waals surface area (Å²) in [6.45, 7) is 11.5. The standard InChI is InChI=1S/C48H48F2N10O6/c1-24-16-31(17-25(2)39(24)49)60-42(57-14-13-56(46(57)64)35-11-10-34-32(40(35)50)22-51-55(34)7)38-27(4)58(23-37(61)41(38)53-60)43(62)36-19-30-18-28(29-12-15-65-47(5,6)21-29)8-9-33(30)59(36)48(20-26(48)3)44-52-45(63)66-54-44/h8-11,13-14,16-19,22,26-27,29,45,63H,12,15,20-21,23H2,1-7H3,(H,52,54)/t26-,27-,29-,45?,48-/m0/s1. The quantitative estimate of drug-likeness (QED) is 0.180. The number of nitrogens with one attached hydrogen (secondary N) is 1. The van der Waals surface area contributed by atoms with Crippen LogP contribution in [0.4, 0.5) is 8.78 Å². The molecule has 4 aliphatic rings. The Labute approximate surface area is 376 Å². The van der Waals surface area contributed by atoms with E-state index in [1.54, 1.807) is 46.0 Å². The summed E-state index contributed by atoms with van der Waals surface area (Å²) in [4.78, 5) is 55.9. The molecule has 4 aromatic heterocycles. The number of Topliss-reactive ketones (excluding diaryl/α,β-unsaturated/α-hetero) is 1. The molecule has 18 heteroatoms. The van der Waals surface area contributed by atoms with E-state index in [1.165, 1.54) is 43.5 Å². The van der Waals surface area contributed by atoms with Crippen molar-refractivity contribution in [3.63, 3.8) is 0 Å². The molecule has 2 fully saturated rings. The summed E-state index contributed by atoms with van der Waals surface area (Å²) in [5.41, 5.74) is 4.97. The lowest BCUT2D eigenvalue weighted by Gasteiger charge is -2.35. The number of aromatic nitrogens is 7. The summed E-state index contributed by atoms with van der Waals surface area (Å²) in [5, 5.41) is 20.4. The van der Waals surface area contributed by atoms with Crippen molar-refractivity contribution < 1.29 is 33.1 Å². The summed E-state index contributed by atoms with van der Waals surface area (Å²) in [5.74, 6) is -1.30. The highest BCUT2D eigenvalue weighted by Crippen LogP contribution is 2.54. The van der Waals surface area contributed by atoms with Gasteiger partial charge in [-0.05, 0) is 125 Å². The van der Waals surface area contributed by atoms with Crippen LogP contribution in [0.5, 0.6) is 0 Å². The molecule has 7 heterocycles. The summed E-state index contributed by atoms with van der Waals surface area (Å²) in [6.07, 6.45) is 5.11. The number of amides is 1. The van der Waals surface area contributed by atoms with E-state index in [2.05, 4.69) is 41.6 Å². The highest BCUT2D eigenvalue weighted by Gasteiger charge is 2.60. The van der Waals surface area contributed by atoms with Gasteiger partial charge < -0.3 is 19.3 Å². The number of carbonyl (C=O) groups is 2. The summed E-state index contributed by atoms with van der Waals surface area (Å²) >= 11 is 0. The summed E-state index contributed by atoms with van der Waals surface area (Å²) < 4.78 is 44.7. The third-order valence-corrected chi connectivity index (χ3v) is 14.2. The van der Waals surface area contributed by atoms with Crippen molar-refractivity contribution in [3.8, 4) is 17.2 Å². The van der Waals surface area contributed by atoms with Gasteiger partial charge in [-0.1, -0.05) is 13.0 Å². The Hall–Kier alpha value is -6.76. The van der Waals surface area contributed by atoms with Gasteiger partial charge in [0.2, 0.25) is 5.78 Å². The molecule has 3 aliphatic heterocycles. The maximum atomic E-state index is 16.1. The lowest BCUT2D eigenvalue weighted by molar-refractivity contribution is -0.103. The van der Waals surface area contributed by atoms with Crippen LogP contribution in [0.1, 0.15) is 102 Å². The molecule has 11 rings (SSSR count). The molecule has 0 bridgehead atoms. The highest BCUT2D eigenvalue weighted by molar-refractivity contribution is 6.07. The van der Waals surface area contributed by atoms with E-state index >= 15 is 13.6 Å². The number of aliphatic imine (C=N–C) groups is 1. The molecular formula is C48H48F2N10O6. The van der Waals surface area contributed by atoms with Gasteiger partial charge in [0, 0.05) is 42.5 Å². The SMILES string of the molecule is Cc1cc(-n2nc3c(c2-n2ccn(-c4ccc5c(cnn5C)c4F)c2=O)[C@H](C)N(C(=O)c2cc4cc([C@H]5CCOC(C)(C)C5)ccc4n2[C@@]2(C4=NC(O)ON4)C[C@@H]2C)CC3=O)cc(C)c1F. The molecule has 16 nitrogen and oxygen atoms in total. The van der Waals surface area contributed by atoms with E-state index in [9.17, 15) is 14.7 Å². The van der Waals surface area contributed by atoms with Crippen molar-refractivity contribution in [2.75, 3.05) is 13.2 Å². The molecular weight excluding hydrogens is 851 g/mol. The number of hydroxylamine groups is 1. The molecule has 0 radical (unpaired) electrons. The lowest BCUT2D eigenvalue weighted by atomic mass is 9.83. The average Bonchev–Trinajstić information content (AvgIpc) is 3.92. The molecule has 5 atom stereocenters. The van der Waals surface area contributed by atoms with Crippen LogP contribution in [-0.4, -0.2) is 86.0 Å². The minimum Gasteiger partial charge on any atom is -0.376 e. The van der Waals surface area contributed by atoms with Crippen LogP contribution in [0.2, 0.25) is 0 Å². The number of halogens is 2. The van der Waals surface area contributed by atoms with Crippen LogP contribution in [0.3, 0.4) is 0 Å². The number of carbonyl (C=O) groups excluding carboxylic acids is 2. The number of aryl methyl sites for hydroxylation is 3. The van der Waals surface area contributed by atoms with Gasteiger partial charge in [0.05, 0.1) is 46.7 Å². The second-order valence-electron chi connectivity index (χ2n) is 18.9. The van der Waals surface area contributed by atoms with Gasteiger partial charge in [-0.3, -0.25) is 23.4 Å². The van der Waals surface area contributed by atoms with E-state index in [0.717, 1.165) is 33.9 Å². The minimum absolute atomic E-state index is 0.0207. The van der Waals surface area contributed by atoms with Gasteiger partial charge in [-0.15, -0.1) is 0 Å². The van der Waals surface area contributed by atoms with Crippen LogP contribution < -0.4 is 11.2 Å². The zero-order chi connectivity index (χ0) is 46.3. The Morgan fingerprint density at radius 1 is 0.955 bits per heavy atom. The largest absolute Gasteiger partial charge is 0.376 e. The zero-order valence-electron chi connectivity index (χ0n) is 37.5. The number of ether oxygens (including phenoxy) is 1. The fraction of sp³-hybridized carbons (Fsp3) is 0.375. The van der Waals surface area contributed by atoms with E-state index < -0.39 is 47.0 Å². The third kappa shape index (κ3) is 6.17. The molecule has 3 aromatic carbocycles. The molecule has 0 spiro atoms. The smallest absolute Gasteiger partial charge is 0.338 e. The first-order valence-electron chi connectivity index (χ1n) is 22.1. The molecule has 1 aliphatic carbocycles.